The average Bonchev–Trinajstić information content (AvgIpc) is 2.66. The van der Waals surface area contributed by atoms with Crippen LogP contribution in [0.15, 0.2) is 41.5 Å². The van der Waals surface area contributed by atoms with Gasteiger partial charge in [-0.05, 0) is 30.3 Å². The van der Waals surface area contributed by atoms with Crippen molar-refractivity contribution < 1.29 is 26.6 Å². The highest BCUT2D eigenvalue weighted by Gasteiger charge is 2.31. The van der Waals surface area contributed by atoms with Crippen molar-refractivity contribution >= 4 is 28.5 Å². The molecule has 1 aliphatic heterocycles. The Balaban J connectivity index is 1.81. The molecular weight excluding hydrogens is 414 g/mol. The van der Waals surface area contributed by atoms with Gasteiger partial charge in [0.2, 0.25) is 5.96 Å². The highest BCUT2D eigenvalue weighted by molar-refractivity contribution is 7.83. The molecule has 0 radical (unpaired) electrons. The number of anilines is 1. The fraction of sp³-hybridized carbons (Fsp3) is 0.235. The molecule has 1 aliphatic rings. The van der Waals surface area contributed by atoms with Gasteiger partial charge in [0.25, 0.3) is 5.91 Å². The van der Waals surface area contributed by atoms with E-state index in [0.29, 0.717) is 6.20 Å². The van der Waals surface area contributed by atoms with Crippen molar-refractivity contribution in [2.24, 2.45) is 10.7 Å². The molecule has 7 nitrogen and oxygen atoms in total. The van der Waals surface area contributed by atoms with Crippen LogP contribution in [0.5, 0.6) is 0 Å². The van der Waals surface area contributed by atoms with Crippen LogP contribution in [0.2, 0.25) is 0 Å². The summed E-state index contributed by atoms with van der Waals surface area (Å²) in [4.78, 5) is 19.9. The van der Waals surface area contributed by atoms with E-state index in [9.17, 15) is 26.6 Å². The zero-order chi connectivity index (χ0) is 21.3. The number of nitrogens with two attached hydrogens (primary N) is 1. The summed E-state index contributed by atoms with van der Waals surface area (Å²) < 4.78 is 65.3. The Morgan fingerprint density at radius 3 is 2.62 bits per heavy atom. The van der Waals surface area contributed by atoms with Crippen LogP contribution >= 0.6 is 0 Å². The first-order valence-corrected chi connectivity index (χ1v) is 9.43. The molecule has 0 spiro atoms. The molecule has 0 saturated heterocycles. The van der Waals surface area contributed by atoms with Gasteiger partial charge in [0, 0.05) is 24.5 Å². The summed E-state index contributed by atoms with van der Waals surface area (Å²) in [6.45, 7) is 0. The van der Waals surface area contributed by atoms with Gasteiger partial charge in [0.15, 0.2) is 0 Å². The Hall–Kier alpha value is -3.02. The quantitative estimate of drug-likeness (QED) is 0.732. The Bertz CT molecular complexity index is 994. The van der Waals surface area contributed by atoms with Crippen LogP contribution in [0.25, 0.3) is 0 Å². The predicted octanol–water partition coefficient (Wildman–Crippen LogP) is 2.46. The lowest BCUT2D eigenvalue weighted by Gasteiger charge is -2.26. The maximum atomic E-state index is 14.3. The molecule has 154 valence electrons. The molecule has 2 heterocycles. The largest absolute Gasteiger partial charge is 0.417 e. The number of nitrogens with one attached hydrogen (secondary N) is 1. The van der Waals surface area contributed by atoms with E-state index in [-0.39, 0.29) is 28.7 Å². The lowest BCUT2D eigenvalue weighted by atomic mass is 10.1. The third-order valence-corrected chi connectivity index (χ3v) is 5.55. The van der Waals surface area contributed by atoms with Crippen LogP contribution in [0.3, 0.4) is 0 Å². The molecule has 2 aromatic rings. The first-order valence-electron chi connectivity index (χ1n) is 8.16. The van der Waals surface area contributed by atoms with Gasteiger partial charge in [-0.2, -0.15) is 13.2 Å². The fourth-order valence-corrected chi connectivity index (χ4v) is 3.56. The zero-order valence-corrected chi connectivity index (χ0v) is 15.7. The number of nitrogens with zero attached hydrogens (tertiary/aromatic N) is 3. The number of alkyl halides is 3. The van der Waals surface area contributed by atoms with Crippen LogP contribution in [-0.2, 0) is 17.2 Å². The van der Waals surface area contributed by atoms with Gasteiger partial charge >= 0.3 is 6.18 Å². The number of benzene rings is 1. The predicted molar refractivity (Wildman–Crippen MR) is 98.7 cm³/mol. The topological polar surface area (TPSA) is 101 Å². The van der Waals surface area contributed by atoms with E-state index in [4.69, 9.17) is 5.73 Å². The molecule has 0 fully saturated rings. The third-order valence-electron chi connectivity index (χ3n) is 4.15. The SMILES string of the molecule is CN1C(N)=NC(c2cc(NC(=O)c3ccc(C(F)(F)F)cn3)ccc2F)CS1=O. The lowest BCUT2D eigenvalue weighted by molar-refractivity contribution is -0.137. The number of carbonyl (C=O) groups is 1. The number of amides is 1. The number of carbonyl (C=O) groups excluding carboxylic acids is 1. The van der Waals surface area contributed by atoms with Gasteiger partial charge in [-0.25, -0.2) is 13.6 Å². The zero-order valence-electron chi connectivity index (χ0n) is 14.9. The molecule has 0 saturated carbocycles. The molecule has 29 heavy (non-hydrogen) atoms. The van der Waals surface area contributed by atoms with Crippen LogP contribution in [-0.4, -0.2) is 38.2 Å². The highest BCUT2D eigenvalue weighted by atomic mass is 32.2. The van der Waals surface area contributed by atoms with E-state index in [1.165, 1.54) is 23.5 Å². The van der Waals surface area contributed by atoms with Gasteiger partial charge in [-0.3, -0.25) is 14.1 Å². The van der Waals surface area contributed by atoms with Crippen molar-refractivity contribution in [3.8, 4) is 0 Å². The molecule has 0 bridgehead atoms. The summed E-state index contributed by atoms with van der Waals surface area (Å²) in [5.41, 5.74) is 4.71. The third kappa shape index (κ3) is 4.53. The van der Waals surface area contributed by atoms with E-state index in [1.54, 1.807) is 0 Å². The van der Waals surface area contributed by atoms with Crippen molar-refractivity contribution in [2.45, 2.75) is 12.2 Å². The molecule has 3 rings (SSSR count). The number of rotatable bonds is 3. The van der Waals surface area contributed by atoms with Gasteiger partial charge in [-0.1, -0.05) is 0 Å². The van der Waals surface area contributed by atoms with Crippen molar-refractivity contribution in [1.82, 2.24) is 9.29 Å². The summed E-state index contributed by atoms with van der Waals surface area (Å²) >= 11 is 0. The standard InChI is InChI=1S/C17H15F4N5O2S/c1-26-16(22)25-14(8-29(26)28)11-6-10(3-4-12(11)18)24-15(27)13-5-2-9(7-23-13)17(19,20)21/h2-7,14H,8H2,1H3,(H2,22,25)(H,24,27). The second kappa shape index (κ2) is 7.78. The Labute approximate surface area is 165 Å². The van der Waals surface area contributed by atoms with Gasteiger partial charge in [-0.15, -0.1) is 0 Å². The number of halogens is 4. The minimum absolute atomic E-state index is 0.00593. The van der Waals surface area contributed by atoms with Gasteiger partial charge in [0.1, 0.15) is 22.5 Å². The monoisotopic (exact) mass is 429 g/mol. The molecule has 12 heteroatoms. The summed E-state index contributed by atoms with van der Waals surface area (Å²) in [6, 6.07) is 4.55. The number of aromatic nitrogens is 1. The number of hydrogen-bond acceptors (Lipinski definition) is 5. The Kier molecular flexibility index (Phi) is 5.55. The molecule has 1 amide bonds. The van der Waals surface area contributed by atoms with Crippen LogP contribution in [0.1, 0.15) is 27.7 Å². The highest BCUT2D eigenvalue weighted by Crippen LogP contribution is 2.29. The van der Waals surface area contributed by atoms with Gasteiger partial charge < -0.3 is 11.1 Å². The van der Waals surface area contributed by atoms with E-state index in [2.05, 4.69) is 15.3 Å². The molecular formula is C17H15F4N5O2S. The molecule has 2 atom stereocenters. The first kappa shape index (κ1) is 20.7. The normalized spacial score (nSPS) is 19.6. The van der Waals surface area contributed by atoms with Crippen LogP contribution in [0, 0.1) is 5.82 Å². The Morgan fingerprint density at radius 1 is 1.31 bits per heavy atom. The summed E-state index contributed by atoms with van der Waals surface area (Å²) in [6.07, 6.45) is -4.01. The number of hydrogen-bond donors (Lipinski definition) is 2. The van der Waals surface area contributed by atoms with Crippen molar-refractivity contribution in [2.75, 3.05) is 18.1 Å². The van der Waals surface area contributed by atoms with Gasteiger partial charge in [0.05, 0.1) is 17.4 Å². The minimum Gasteiger partial charge on any atom is -0.369 e. The van der Waals surface area contributed by atoms with Crippen molar-refractivity contribution in [1.29, 1.82) is 0 Å². The molecule has 0 aliphatic carbocycles. The molecule has 1 aromatic carbocycles. The van der Waals surface area contributed by atoms with E-state index in [0.717, 1.165) is 18.2 Å². The van der Waals surface area contributed by atoms with Crippen LogP contribution < -0.4 is 11.1 Å². The second-order valence-corrected chi connectivity index (χ2v) is 7.63. The lowest BCUT2D eigenvalue weighted by Crippen LogP contribution is -2.41. The van der Waals surface area contributed by atoms with Crippen molar-refractivity contribution in [3.63, 3.8) is 0 Å². The number of guanidine groups is 1. The molecule has 1 aromatic heterocycles. The molecule has 3 N–H and O–H groups in total. The van der Waals surface area contributed by atoms with E-state index < -0.39 is 40.5 Å². The minimum atomic E-state index is -4.57. The maximum absolute atomic E-state index is 14.3. The first-order chi connectivity index (χ1) is 13.6. The summed E-state index contributed by atoms with van der Waals surface area (Å²) in [7, 11) is 0.00628. The number of pyridine rings is 1. The van der Waals surface area contributed by atoms with Crippen molar-refractivity contribution in [3.05, 3.63) is 59.2 Å². The average molecular weight is 429 g/mol. The smallest absolute Gasteiger partial charge is 0.369 e. The number of aliphatic imine (C=N–C) groups is 1. The van der Waals surface area contributed by atoms with E-state index >= 15 is 0 Å². The fourth-order valence-electron chi connectivity index (χ4n) is 2.56. The molecule has 2 unspecified atom stereocenters. The summed E-state index contributed by atoms with van der Waals surface area (Å²) in [5, 5.41) is 2.44. The van der Waals surface area contributed by atoms with Crippen LogP contribution in [0.4, 0.5) is 23.2 Å². The van der Waals surface area contributed by atoms with E-state index in [1.807, 2.05) is 0 Å². The maximum Gasteiger partial charge on any atom is 0.417 e. The second-order valence-electron chi connectivity index (χ2n) is 6.11. The summed E-state index contributed by atoms with van der Waals surface area (Å²) in [5.74, 6) is -1.40. The Morgan fingerprint density at radius 2 is 2.03 bits per heavy atom.